The molecule has 3 aromatic carbocycles. The van der Waals surface area contributed by atoms with Crippen LogP contribution in [-0.4, -0.2) is 4.98 Å². The second-order valence-electron chi connectivity index (χ2n) is 7.68. The van der Waals surface area contributed by atoms with Crippen molar-refractivity contribution in [3.05, 3.63) is 124 Å². The Balaban J connectivity index is 1.51. The average Bonchev–Trinajstić information content (AvgIpc) is 2.88. The first-order valence-corrected chi connectivity index (χ1v) is 12.1. The van der Waals surface area contributed by atoms with Crippen molar-refractivity contribution in [1.29, 1.82) is 0 Å². The van der Waals surface area contributed by atoms with Crippen molar-refractivity contribution in [3.63, 3.8) is 0 Å². The predicted molar refractivity (Wildman–Crippen MR) is 138 cm³/mol. The summed E-state index contributed by atoms with van der Waals surface area (Å²) < 4.78 is 12.3. The number of halogens is 1. The van der Waals surface area contributed by atoms with Gasteiger partial charge in [0, 0.05) is 29.2 Å². The van der Waals surface area contributed by atoms with Crippen LogP contribution < -0.4 is 10.2 Å². The van der Waals surface area contributed by atoms with E-state index in [0.29, 0.717) is 44.8 Å². The Morgan fingerprint density at radius 1 is 0.882 bits per heavy atom. The van der Waals surface area contributed by atoms with Gasteiger partial charge in [-0.1, -0.05) is 65.8 Å². The number of hydrogen-bond donors (Lipinski definition) is 0. The second-order valence-corrected chi connectivity index (χ2v) is 9.06. The molecule has 4 nitrogen and oxygen atoms in total. The van der Waals surface area contributed by atoms with Crippen molar-refractivity contribution in [2.24, 2.45) is 0 Å². The molecule has 0 spiro atoms. The van der Waals surface area contributed by atoms with Gasteiger partial charge in [0.2, 0.25) is 5.43 Å². The number of rotatable bonds is 7. The quantitative estimate of drug-likeness (QED) is 0.225. The molecule has 0 radical (unpaired) electrons. The van der Waals surface area contributed by atoms with Gasteiger partial charge in [0.15, 0.2) is 5.09 Å². The molecule has 0 aliphatic heterocycles. The number of thioether (sulfide) groups is 1. The maximum atomic E-state index is 13.5. The van der Waals surface area contributed by atoms with Crippen molar-refractivity contribution < 1.29 is 9.15 Å². The minimum atomic E-state index is -0.0612. The first-order valence-electron chi connectivity index (χ1n) is 10.7. The average molecular weight is 486 g/mol. The van der Waals surface area contributed by atoms with E-state index in [1.165, 1.54) is 11.8 Å². The van der Waals surface area contributed by atoms with Gasteiger partial charge in [-0.15, -0.1) is 0 Å². The lowest BCUT2D eigenvalue weighted by Crippen LogP contribution is -2.07. The lowest BCUT2D eigenvalue weighted by atomic mass is 10.1. The molecule has 0 bridgehead atoms. The zero-order chi connectivity index (χ0) is 23.3. The number of pyridine rings is 1. The molecule has 0 aliphatic rings. The van der Waals surface area contributed by atoms with Crippen molar-refractivity contribution in [3.8, 4) is 16.9 Å². The third-order valence-electron chi connectivity index (χ3n) is 5.33. The fourth-order valence-electron chi connectivity index (χ4n) is 3.57. The van der Waals surface area contributed by atoms with Crippen LogP contribution in [0.3, 0.4) is 0 Å². The molecule has 0 atom stereocenters. The second kappa shape index (κ2) is 10.2. The fraction of sp³-hybridized carbons (Fsp3) is 0.0714. The maximum Gasteiger partial charge on any atom is 0.201 e. The summed E-state index contributed by atoms with van der Waals surface area (Å²) in [5.74, 6) is 1.28. The summed E-state index contributed by atoms with van der Waals surface area (Å²) in [5.41, 5.74) is 3.94. The first kappa shape index (κ1) is 22.3. The highest BCUT2D eigenvalue weighted by molar-refractivity contribution is 7.98. The van der Waals surface area contributed by atoms with Gasteiger partial charge in [0.1, 0.15) is 17.9 Å². The van der Waals surface area contributed by atoms with Crippen LogP contribution in [0.4, 0.5) is 0 Å². The van der Waals surface area contributed by atoms with E-state index in [-0.39, 0.29) is 5.43 Å². The smallest absolute Gasteiger partial charge is 0.201 e. The van der Waals surface area contributed by atoms with E-state index in [4.69, 9.17) is 20.8 Å². The first-order chi connectivity index (χ1) is 16.7. The number of nitrogens with zero attached hydrogens (tertiary/aromatic N) is 1. The Bertz CT molecular complexity index is 1470. The third kappa shape index (κ3) is 5.01. The van der Waals surface area contributed by atoms with Gasteiger partial charge in [0.05, 0.1) is 10.9 Å². The Morgan fingerprint density at radius 2 is 1.65 bits per heavy atom. The van der Waals surface area contributed by atoms with Gasteiger partial charge in [-0.2, -0.15) is 0 Å². The summed E-state index contributed by atoms with van der Waals surface area (Å²) >= 11 is 7.45. The van der Waals surface area contributed by atoms with Gasteiger partial charge in [-0.25, -0.2) is 0 Å². The topological polar surface area (TPSA) is 52.3 Å². The van der Waals surface area contributed by atoms with E-state index in [1.807, 2.05) is 66.7 Å². The van der Waals surface area contributed by atoms with Crippen LogP contribution in [-0.2, 0) is 12.4 Å². The number of hydrogen-bond acceptors (Lipinski definition) is 5. The van der Waals surface area contributed by atoms with Gasteiger partial charge in [-0.05, 0) is 53.1 Å². The van der Waals surface area contributed by atoms with E-state index in [9.17, 15) is 4.79 Å². The summed E-state index contributed by atoms with van der Waals surface area (Å²) in [4.78, 5) is 17.6. The molecule has 0 unspecified atom stereocenters. The Kier molecular flexibility index (Phi) is 6.65. The van der Waals surface area contributed by atoms with Crippen molar-refractivity contribution >= 4 is 34.3 Å². The van der Waals surface area contributed by atoms with Crippen LogP contribution in [0.2, 0.25) is 5.02 Å². The zero-order valence-electron chi connectivity index (χ0n) is 18.1. The summed E-state index contributed by atoms with van der Waals surface area (Å²) in [7, 11) is 0. The highest BCUT2D eigenvalue weighted by Crippen LogP contribution is 2.34. The molecule has 168 valence electrons. The fourth-order valence-corrected chi connectivity index (χ4v) is 4.69. The highest BCUT2D eigenvalue weighted by Gasteiger charge is 2.17. The Labute approximate surface area is 206 Å². The molecule has 2 aromatic heterocycles. The normalized spacial score (nSPS) is 11.0. The van der Waals surface area contributed by atoms with Gasteiger partial charge < -0.3 is 9.15 Å². The van der Waals surface area contributed by atoms with Gasteiger partial charge in [0.25, 0.3) is 0 Å². The molecule has 5 aromatic rings. The highest BCUT2D eigenvalue weighted by atomic mass is 35.5. The monoisotopic (exact) mass is 485 g/mol. The SMILES string of the molecule is O=c1c(-c2ccccc2)c(SCc2ccncc2)oc2cc(OCc3ccc(Cl)cc3)ccc12. The molecule has 0 amide bonds. The lowest BCUT2D eigenvalue weighted by Gasteiger charge is -2.12. The molecule has 5 rings (SSSR count). The number of benzene rings is 3. The van der Waals surface area contributed by atoms with Crippen LogP contribution in [0.15, 0.2) is 112 Å². The molecular formula is C28H20ClNO3S. The minimum absolute atomic E-state index is 0.0612. The van der Waals surface area contributed by atoms with Crippen molar-refractivity contribution in [2.45, 2.75) is 17.5 Å². The molecular weight excluding hydrogens is 466 g/mol. The molecule has 34 heavy (non-hydrogen) atoms. The summed E-state index contributed by atoms with van der Waals surface area (Å²) in [6, 6.07) is 26.4. The Hall–Kier alpha value is -3.54. The van der Waals surface area contributed by atoms with E-state index >= 15 is 0 Å². The van der Waals surface area contributed by atoms with Crippen LogP contribution in [0.5, 0.6) is 5.75 Å². The molecule has 0 saturated heterocycles. The molecule has 0 saturated carbocycles. The summed E-state index contributed by atoms with van der Waals surface area (Å²) in [6.45, 7) is 0.388. The molecule has 0 fully saturated rings. The van der Waals surface area contributed by atoms with Crippen LogP contribution in [0.1, 0.15) is 11.1 Å². The van der Waals surface area contributed by atoms with Gasteiger partial charge in [-0.3, -0.25) is 9.78 Å². The number of fused-ring (bicyclic) bond motifs is 1. The zero-order valence-corrected chi connectivity index (χ0v) is 19.7. The van der Waals surface area contributed by atoms with Crippen LogP contribution >= 0.6 is 23.4 Å². The molecule has 0 N–H and O–H groups in total. The standard InChI is InChI=1S/C28H20ClNO3S/c29-22-8-6-19(7-9-22)17-32-23-10-11-24-25(16-23)33-28(34-18-20-12-14-30-15-13-20)26(27(24)31)21-4-2-1-3-5-21/h1-16H,17-18H2. The van der Waals surface area contributed by atoms with Crippen molar-refractivity contribution in [1.82, 2.24) is 4.98 Å². The lowest BCUT2D eigenvalue weighted by molar-refractivity contribution is 0.306. The van der Waals surface area contributed by atoms with E-state index in [2.05, 4.69) is 4.98 Å². The molecule has 0 aliphatic carbocycles. The Morgan fingerprint density at radius 3 is 2.41 bits per heavy atom. The van der Waals surface area contributed by atoms with E-state index in [0.717, 1.165) is 16.7 Å². The molecule has 6 heteroatoms. The summed E-state index contributed by atoms with van der Waals surface area (Å²) in [6.07, 6.45) is 3.52. The third-order valence-corrected chi connectivity index (χ3v) is 6.61. The van der Waals surface area contributed by atoms with E-state index < -0.39 is 0 Å². The minimum Gasteiger partial charge on any atom is -0.489 e. The largest absolute Gasteiger partial charge is 0.489 e. The molecule has 2 heterocycles. The van der Waals surface area contributed by atoms with Gasteiger partial charge >= 0.3 is 0 Å². The predicted octanol–water partition coefficient (Wildman–Crippen LogP) is 7.38. The van der Waals surface area contributed by atoms with Crippen molar-refractivity contribution in [2.75, 3.05) is 0 Å². The summed E-state index contributed by atoms with van der Waals surface area (Å²) in [5, 5.41) is 1.78. The van der Waals surface area contributed by atoms with Crippen LogP contribution in [0, 0.1) is 0 Å². The number of ether oxygens (including phenoxy) is 1. The van der Waals surface area contributed by atoms with E-state index in [1.54, 1.807) is 30.6 Å². The number of aromatic nitrogens is 1. The maximum absolute atomic E-state index is 13.5. The van der Waals surface area contributed by atoms with Crippen LogP contribution in [0.25, 0.3) is 22.1 Å².